The van der Waals surface area contributed by atoms with Crippen molar-refractivity contribution in [3.05, 3.63) is 59.7 Å². The van der Waals surface area contributed by atoms with Gasteiger partial charge in [-0.15, -0.1) is 0 Å². The summed E-state index contributed by atoms with van der Waals surface area (Å²) in [6.07, 6.45) is 2.57. The second kappa shape index (κ2) is 8.58. The van der Waals surface area contributed by atoms with Crippen LogP contribution in [0.1, 0.15) is 42.6 Å². The number of carbonyl (C=O) groups is 1. The van der Waals surface area contributed by atoms with E-state index in [1.54, 1.807) is 0 Å². The summed E-state index contributed by atoms with van der Waals surface area (Å²) in [6, 6.07) is 17.5. The predicted octanol–water partition coefficient (Wildman–Crippen LogP) is 4.71. The third kappa shape index (κ3) is 3.91. The molecule has 3 aliphatic heterocycles. The maximum Gasteiger partial charge on any atom is 0.253 e. The van der Waals surface area contributed by atoms with Crippen LogP contribution >= 0.6 is 0 Å². The molecular weight excluding hydrogens is 358 g/mol. The van der Waals surface area contributed by atoms with Crippen molar-refractivity contribution in [3.63, 3.8) is 0 Å². The molecule has 3 fully saturated rings. The van der Waals surface area contributed by atoms with Gasteiger partial charge in [-0.25, -0.2) is 0 Å². The van der Waals surface area contributed by atoms with Gasteiger partial charge in [-0.3, -0.25) is 4.79 Å². The topological polar surface area (TPSA) is 26.8 Å². The largest absolute Gasteiger partial charge is 0.339 e. The summed E-state index contributed by atoms with van der Waals surface area (Å²) < 4.78 is 0. The molecule has 154 valence electrons. The van der Waals surface area contributed by atoms with Crippen LogP contribution in [0.3, 0.4) is 0 Å². The minimum absolute atomic E-state index is 0.124. The van der Waals surface area contributed by atoms with Crippen LogP contribution in [-0.4, -0.2) is 54.5 Å². The van der Waals surface area contributed by atoms with Crippen LogP contribution in [0.2, 0.25) is 0 Å². The molecule has 3 saturated heterocycles. The normalized spacial score (nSPS) is 23.1. The van der Waals surface area contributed by atoms with Crippen LogP contribution < -0.4 is 4.90 Å². The monoisotopic (exact) mass is 391 g/mol. The summed E-state index contributed by atoms with van der Waals surface area (Å²) in [4.78, 5) is 19.9. The number of benzene rings is 2. The maximum atomic E-state index is 12.8. The van der Waals surface area contributed by atoms with Gasteiger partial charge in [0.25, 0.3) is 5.91 Å². The van der Waals surface area contributed by atoms with Crippen molar-refractivity contribution in [2.75, 3.05) is 37.6 Å². The molecule has 0 spiro atoms. The van der Waals surface area contributed by atoms with E-state index in [0.29, 0.717) is 6.04 Å². The lowest BCUT2D eigenvalue weighted by Gasteiger charge is -2.50. The molecule has 1 unspecified atom stereocenters. The van der Waals surface area contributed by atoms with Crippen LogP contribution in [0.15, 0.2) is 48.5 Å². The van der Waals surface area contributed by atoms with Gasteiger partial charge in [0.05, 0.1) is 0 Å². The average Bonchev–Trinajstić information content (AvgIpc) is 2.77. The summed E-state index contributed by atoms with van der Waals surface area (Å²) in [5.41, 5.74) is 4.43. The zero-order valence-corrected chi connectivity index (χ0v) is 18.0. The predicted molar refractivity (Wildman–Crippen MR) is 120 cm³/mol. The van der Waals surface area contributed by atoms with Crippen molar-refractivity contribution in [1.82, 2.24) is 9.80 Å². The fraction of sp³-hybridized carbons (Fsp3) is 0.480. The Labute approximate surface area is 175 Å². The van der Waals surface area contributed by atoms with Gasteiger partial charge in [0.15, 0.2) is 0 Å². The van der Waals surface area contributed by atoms with Crippen LogP contribution in [-0.2, 0) is 0 Å². The van der Waals surface area contributed by atoms with Crippen LogP contribution in [0.4, 0.5) is 11.4 Å². The Morgan fingerprint density at radius 1 is 1.03 bits per heavy atom. The summed E-state index contributed by atoms with van der Waals surface area (Å²) in [6.45, 7) is 11.3. The Morgan fingerprint density at radius 3 is 2.28 bits per heavy atom. The highest BCUT2D eigenvalue weighted by molar-refractivity contribution is 5.95. The number of para-hydroxylation sites is 1. The summed E-state index contributed by atoms with van der Waals surface area (Å²) in [7, 11) is 0. The van der Waals surface area contributed by atoms with Gasteiger partial charge in [0.1, 0.15) is 0 Å². The molecule has 0 radical (unpaired) electrons. The van der Waals surface area contributed by atoms with E-state index in [4.69, 9.17) is 0 Å². The Hall–Kier alpha value is -2.33. The van der Waals surface area contributed by atoms with Gasteiger partial charge < -0.3 is 14.7 Å². The molecule has 1 amide bonds. The standard InChI is InChI=1S/C25H33N3O/c1-4-27(5-2)25(29)21-11-12-23(19(3)17-21)28(22-9-7-6-8-10-22)24-18-26-15-13-20(24)14-16-26/h6-12,17,20,24H,4-5,13-16,18H2,1-3H3. The molecule has 0 N–H and O–H groups in total. The lowest BCUT2D eigenvalue weighted by Crippen LogP contribution is -2.56. The van der Waals surface area contributed by atoms with Crippen molar-refractivity contribution in [1.29, 1.82) is 0 Å². The highest BCUT2D eigenvalue weighted by Crippen LogP contribution is 2.39. The van der Waals surface area contributed by atoms with Gasteiger partial charge >= 0.3 is 0 Å². The molecule has 3 aliphatic rings. The van der Waals surface area contributed by atoms with E-state index in [-0.39, 0.29) is 5.91 Å². The average molecular weight is 392 g/mol. The van der Waals surface area contributed by atoms with Gasteiger partial charge in [0, 0.05) is 42.6 Å². The second-order valence-electron chi connectivity index (χ2n) is 8.39. The van der Waals surface area contributed by atoms with Crippen molar-refractivity contribution in [2.45, 2.75) is 39.7 Å². The molecule has 0 saturated carbocycles. The van der Waals surface area contributed by atoms with Crippen molar-refractivity contribution in [3.8, 4) is 0 Å². The molecule has 4 heteroatoms. The highest BCUT2D eigenvalue weighted by atomic mass is 16.2. The van der Waals surface area contributed by atoms with Gasteiger partial charge in [-0.1, -0.05) is 18.2 Å². The summed E-state index contributed by atoms with van der Waals surface area (Å²) in [5, 5.41) is 0. The summed E-state index contributed by atoms with van der Waals surface area (Å²) in [5.74, 6) is 0.857. The van der Waals surface area contributed by atoms with Crippen LogP contribution in [0, 0.1) is 12.8 Å². The van der Waals surface area contributed by atoms with E-state index < -0.39 is 0 Å². The second-order valence-corrected chi connectivity index (χ2v) is 8.39. The molecular formula is C25H33N3O. The number of aryl methyl sites for hydroxylation is 1. The van der Waals surface area contributed by atoms with E-state index in [2.05, 4.69) is 59.2 Å². The van der Waals surface area contributed by atoms with Gasteiger partial charge in [-0.05, 0) is 88.5 Å². The summed E-state index contributed by atoms with van der Waals surface area (Å²) >= 11 is 0. The molecule has 29 heavy (non-hydrogen) atoms. The van der Waals surface area contributed by atoms with E-state index in [1.807, 2.05) is 24.8 Å². The number of carbonyl (C=O) groups excluding carboxylic acids is 1. The quantitative estimate of drug-likeness (QED) is 0.713. The van der Waals surface area contributed by atoms with Crippen LogP contribution in [0.5, 0.6) is 0 Å². The molecule has 0 aliphatic carbocycles. The lowest BCUT2D eigenvalue weighted by molar-refractivity contribution is 0.0773. The lowest BCUT2D eigenvalue weighted by atomic mass is 9.82. The number of piperidine rings is 3. The number of nitrogens with zero attached hydrogens (tertiary/aromatic N) is 3. The van der Waals surface area contributed by atoms with E-state index in [9.17, 15) is 4.79 Å². The number of hydrogen-bond donors (Lipinski definition) is 0. The Kier molecular flexibility index (Phi) is 5.91. The minimum Gasteiger partial charge on any atom is -0.339 e. The van der Waals surface area contributed by atoms with E-state index >= 15 is 0 Å². The van der Waals surface area contributed by atoms with E-state index in [1.165, 1.54) is 42.9 Å². The fourth-order valence-electron chi connectivity index (χ4n) is 5.08. The van der Waals surface area contributed by atoms with E-state index in [0.717, 1.165) is 31.1 Å². The first-order chi connectivity index (χ1) is 14.1. The third-order valence-electron chi connectivity index (χ3n) is 6.74. The Morgan fingerprint density at radius 2 is 1.72 bits per heavy atom. The first-order valence-electron chi connectivity index (χ1n) is 11.1. The maximum absolute atomic E-state index is 12.8. The number of fused-ring (bicyclic) bond motifs is 3. The third-order valence-corrected chi connectivity index (χ3v) is 6.74. The molecule has 1 atom stereocenters. The molecule has 3 heterocycles. The SMILES string of the molecule is CCN(CC)C(=O)c1ccc(N(c2ccccc2)C2CN3CCC2CC3)c(C)c1. The molecule has 2 bridgehead atoms. The number of hydrogen-bond acceptors (Lipinski definition) is 3. The molecule has 4 nitrogen and oxygen atoms in total. The van der Waals surface area contributed by atoms with Crippen molar-refractivity contribution in [2.24, 2.45) is 5.92 Å². The minimum atomic E-state index is 0.124. The zero-order valence-electron chi connectivity index (χ0n) is 18.0. The Balaban J connectivity index is 1.71. The first kappa shape index (κ1) is 20.0. The number of amides is 1. The first-order valence-corrected chi connectivity index (χ1v) is 11.1. The molecule has 0 aromatic heterocycles. The van der Waals surface area contributed by atoms with Crippen molar-refractivity contribution < 1.29 is 4.79 Å². The zero-order chi connectivity index (χ0) is 20.4. The smallest absolute Gasteiger partial charge is 0.253 e. The Bertz CT molecular complexity index is 838. The molecule has 2 aromatic carbocycles. The molecule has 5 rings (SSSR count). The molecule has 2 aromatic rings. The van der Waals surface area contributed by atoms with Gasteiger partial charge in [-0.2, -0.15) is 0 Å². The van der Waals surface area contributed by atoms with Crippen LogP contribution in [0.25, 0.3) is 0 Å². The van der Waals surface area contributed by atoms with Crippen molar-refractivity contribution >= 4 is 17.3 Å². The van der Waals surface area contributed by atoms with Gasteiger partial charge in [0.2, 0.25) is 0 Å². The number of anilines is 2. The highest BCUT2D eigenvalue weighted by Gasteiger charge is 2.38. The fourth-order valence-corrected chi connectivity index (χ4v) is 5.08. The number of rotatable bonds is 6.